The molecule has 1 aromatic carbocycles. The number of Topliss-reactive ketones (excluding diaryl/α,β-unsaturated/α-hetero) is 1. The Kier molecular flexibility index (Phi) is 7.90. The molecule has 1 amide bonds. The van der Waals surface area contributed by atoms with E-state index in [-0.39, 0.29) is 18.1 Å². The summed E-state index contributed by atoms with van der Waals surface area (Å²) in [7, 11) is -1.59. The molecule has 0 unspecified atom stereocenters. The summed E-state index contributed by atoms with van der Waals surface area (Å²) < 4.78 is 24.8. The molecule has 0 spiro atoms. The van der Waals surface area contributed by atoms with E-state index >= 15 is 0 Å². The van der Waals surface area contributed by atoms with E-state index in [0.29, 0.717) is 37.1 Å². The van der Waals surface area contributed by atoms with E-state index in [4.69, 9.17) is 0 Å². The summed E-state index contributed by atoms with van der Waals surface area (Å²) in [6, 6.07) is 12.1. The summed E-state index contributed by atoms with van der Waals surface area (Å²) >= 11 is 0. The molecule has 1 aromatic heterocycles. The number of ketones is 1. The normalized spacial score (nSPS) is 11.1. The Morgan fingerprint density at radius 2 is 1.76 bits per heavy atom. The van der Waals surface area contributed by atoms with Gasteiger partial charge in [0.15, 0.2) is 5.78 Å². The third-order valence-electron chi connectivity index (χ3n) is 4.38. The van der Waals surface area contributed by atoms with E-state index < -0.39 is 10.0 Å². The van der Waals surface area contributed by atoms with Crippen molar-refractivity contribution >= 4 is 27.4 Å². The topological polar surface area (TPSA) is 96.4 Å². The van der Waals surface area contributed by atoms with Gasteiger partial charge in [0, 0.05) is 55.5 Å². The SMILES string of the molecule is Cc1cccc(CCN(C)C(=O)CCCC(=O)c2ccc(NS(C)(=O)=O)cc2)n1. The van der Waals surface area contributed by atoms with E-state index in [1.807, 2.05) is 25.1 Å². The van der Waals surface area contributed by atoms with Crippen LogP contribution in [0.15, 0.2) is 42.5 Å². The third-order valence-corrected chi connectivity index (χ3v) is 4.99. The number of sulfonamides is 1. The Labute approximate surface area is 172 Å². The number of likely N-dealkylation sites (N-methyl/N-ethyl adjacent to an activating group) is 1. The summed E-state index contributed by atoms with van der Waals surface area (Å²) in [6.45, 7) is 2.52. The van der Waals surface area contributed by atoms with Crippen molar-refractivity contribution in [3.63, 3.8) is 0 Å². The number of rotatable bonds is 10. The average Bonchev–Trinajstić information content (AvgIpc) is 2.65. The van der Waals surface area contributed by atoms with Crippen LogP contribution < -0.4 is 4.72 Å². The number of nitrogens with one attached hydrogen (secondary N) is 1. The molecule has 0 aliphatic rings. The number of hydrogen-bond donors (Lipinski definition) is 1. The van der Waals surface area contributed by atoms with Crippen molar-refractivity contribution < 1.29 is 18.0 Å². The van der Waals surface area contributed by atoms with E-state index in [0.717, 1.165) is 17.6 Å². The molecule has 2 rings (SSSR count). The number of amides is 1. The summed E-state index contributed by atoms with van der Waals surface area (Å²) in [6.07, 6.45) is 2.79. The average molecular weight is 418 g/mol. The zero-order chi connectivity index (χ0) is 21.4. The highest BCUT2D eigenvalue weighted by atomic mass is 32.2. The van der Waals surface area contributed by atoms with Gasteiger partial charge in [-0.3, -0.25) is 19.3 Å². The third kappa shape index (κ3) is 8.03. The van der Waals surface area contributed by atoms with Crippen molar-refractivity contribution in [1.29, 1.82) is 0 Å². The van der Waals surface area contributed by atoms with Gasteiger partial charge >= 0.3 is 0 Å². The summed E-state index contributed by atoms with van der Waals surface area (Å²) in [5.74, 6) is -0.0755. The molecule has 0 bridgehead atoms. The number of hydrogen-bond acceptors (Lipinski definition) is 5. The maximum Gasteiger partial charge on any atom is 0.229 e. The quantitative estimate of drug-likeness (QED) is 0.600. The lowest BCUT2D eigenvalue weighted by Crippen LogP contribution is -2.28. The first-order valence-electron chi connectivity index (χ1n) is 9.41. The number of benzene rings is 1. The molecule has 29 heavy (non-hydrogen) atoms. The second kappa shape index (κ2) is 10.2. The highest BCUT2D eigenvalue weighted by Crippen LogP contribution is 2.14. The Bertz CT molecular complexity index is 956. The van der Waals surface area contributed by atoms with Crippen molar-refractivity contribution in [2.24, 2.45) is 0 Å². The maximum atomic E-state index is 12.3. The standard InChI is InChI=1S/C21H27N3O4S/c1-16-6-4-7-18(22-16)14-15-24(2)21(26)9-5-8-20(25)17-10-12-19(13-11-17)23-29(3,27)28/h4,6-7,10-13,23H,5,8-9,14-15H2,1-3H3. The van der Waals surface area contributed by atoms with Gasteiger partial charge in [-0.2, -0.15) is 0 Å². The van der Waals surface area contributed by atoms with Gasteiger partial charge in [0.25, 0.3) is 0 Å². The molecule has 1 heterocycles. The number of pyridine rings is 1. The minimum Gasteiger partial charge on any atom is -0.345 e. The molecule has 2 aromatic rings. The number of aryl methyl sites for hydroxylation is 1. The minimum atomic E-state index is -3.35. The first-order chi connectivity index (χ1) is 13.6. The van der Waals surface area contributed by atoms with Gasteiger partial charge in [-0.1, -0.05) is 6.07 Å². The van der Waals surface area contributed by atoms with Crippen LogP contribution in [0.1, 0.15) is 41.0 Å². The van der Waals surface area contributed by atoms with E-state index in [1.54, 1.807) is 36.2 Å². The highest BCUT2D eigenvalue weighted by Gasteiger charge is 2.12. The molecule has 0 saturated carbocycles. The molecule has 156 valence electrons. The van der Waals surface area contributed by atoms with Gasteiger partial charge in [-0.05, 0) is 49.7 Å². The fourth-order valence-corrected chi connectivity index (χ4v) is 3.38. The second-order valence-electron chi connectivity index (χ2n) is 7.06. The van der Waals surface area contributed by atoms with Crippen molar-refractivity contribution in [3.8, 4) is 0 Å². The predicted octanol–water partition coefficient (Wildman–Crippen LogP) is 2.82. The Hall–Kier alpha value is -2.74. The van der Waals surface area contributed by atoms with Crippen LogP contribution in [0.25, 0.3) is 0 Å². The first kappa shape index (κ1) is 22.5. The molecule has 0 saturated heterocycles. The summed E-state index contributed by atoms with van der Waals surface area (Å²) in [5.41, 5.74) is 2.81. The minimum absolute atomic E-state index is 0.00171. The Morgan fingerprint density at radius 3 is 2.38 bits per heavy atom. The molecule has 0 atom stereocenters. The molecular weight excluding hydrogens is 390 g/mol. The molecular formula is C21H27N3O4S. The number of aromatic nitrogens is 1. The van der Waals surface area contributed by atoms with E-state index in [2.05, 4.69) is 9.71 Å². The fraction of sp³-hybridized carbons (Fsp3) is 0.381. The number of nitrogens with zero attached hydrogens (tertiary/aromatic N) is 2. The van der Waals surface area contributed by atoms with Crippen molar-refractivity contribution in [3.05, 3.63) is 59.4 Å². The van der Waals surface area contributed by atoms with Gasteiger partial charge in [0.2, 0.25) is 15.9 Å². The van der Waals surface area contributed by atoms with Crippen molar-refractivity contribution in [1.82, 2.24) is 9.88 Å². The predicted molar refractivity (Wildman–Crippen MR) is 113 cm³/mol. The Balaban J connectivity index is 1.75. The molecule has 0 radical (unpaired) electrons. The molecule has 0 fully saturated rings. The lowest BCUT2D eigenvalue weighted by Gasteiger charge is -2.17. The first-order valence-corrected chi connectivity index (χ1v) is 11.3. The summed E-state index contributed by atoms with van der Waals surface area (Å²) in [5, 5.41) is 0. The molecule has 7 nitrogen and oxygen atoms in total. The summed E-state index contributed by atoms with van der Waals surface area (Å²) in [4.78, 5) is 30.6. The maximum absolute atomic E-state index is 12.3. The number of carbonyl (C=O) groups excluding carboxylic acids is 2. The fourth-order valence-electron chi connectivity index (χ4n) is 2.82. The van der Waals surface area contributed by atoms with Crippen LogP contribution in [0.2, 0.25) is 0 Å². The van der Waals surface area contributed by atoms with Gasteiger partial charge in [0.05, 0.1) is 6.26 Å². The van der Waals surface area contributed by atoms with Crippen molar-refractivity contribution in [2.45, 2.75) is 32.6 Å². The lowest BCUT2D eigenvalue weighted by atomic mass is 10.0. The largest absolute Gasteiger partial charge is 0.345 e. The van der Waals surface area contributed by atoms with E-state index in [1.165, 1.54) is 0 Å². The monoisotopic (exact) mass is 417 g/mol. The number of anilines is 1. The van der Waals surface area contributed by atoms with Crippen LogP contribution in [0, 0.1) is 6.92 Å². The van der Waals surface area contributed by atoms with Gasteiger partial charge in [-0.15, -0.1) is 0 Å². The van der Waals surface area contributed by atoms with Crippen LogP contribution in [-0.4, -0.2) is 49.8 Å². The highest BCUT2D eigenvalue weighted by molar-refractivity contribution is 7.92. The lowest BCUT2D eigenvalue weighted by molar-refractivity contribution is -0.129. The van der Waals surface area contributed by atoms with Crippen LogP contribution in [0.4, 0.5) is 5.69 Å². The molecule has 0 aliphatic carbocycles. The Morgan fingerprint density at radius 1 is 1.07 bits per heavy atom. The van der Waals surface area contributed by atoms with Gasteiger partial charge in [-0.25, -0.2) is 8.42 Å². The van der Waals surface area contributed by atoms with E-state index in [9.17, 15) is 18.0 Å². The number of carbonyl (C=O) groups is 2. The van der Waals surface area contributed by atoms with Gasteiger partial charge < -0.3 is 4.90 Å². The molecule has 1 N–H and O–H groups in total. The van der Waals surface area contributed by atoms with Gasteiger partial charge in [0.1, 0.15) is 0 Å². The second-order valence-corrected chi connectivity index (χ2v) is 8.81. The molecule has 8 heteroatoms. The van der Waals surface area contributed by atoms with Crippen molar-refractivity contribution in [2.75, 3.05) is 24.6 Å². The van der Waals surface area contributed by atoms with Crippen LogP contribution in [0.3, 0.4) is 0 Å². The van der Waals surface area contributed by atoms with Crippen LogP contribution >= 0.6 is 0 Å². The zero-order valence-corrected chi connectivity index (χ0v) is 17.8. The zero-order valence-electron chi connectivity index (χ0n) is 17.0. The molecule has 0 aliphatic heterocycles. The smallest absolute Gasteiger partial charge is 0.229 e. The van der Waals surface area contributed by atoms with Crippen LogP contribution in [-0.2, 0) is 21.2 Å². The van der Waals surface area contributed by atoms with Crippen LogP contribution in [0.5, 0.6) is 0 Å².